The zero-order chi connectivity index (χ0) is 12.3. The molecular weight excluding hydrogens is 230 g/mol. The summed E-state index contributed by atoms with van der Waals surface area (Å²) in [5.41, 5.74) is 0. The molecule has 0 aromatic carbocycles. The van der Waals surface area contributed by atoms with Crippen LogP contribution in [0.25, 0.3) is 0 Å². The molecule has 4 heteroatoms. The maximum Gasteiger partial charge on any atom is 0.185 e. The third kappa shape index (κ3) is 2.99. The fraction of sp³-hybridized carbons (Fsp3) is 0.769. The molecule has 2 unspecified atom stereocenters. The van der Waals surface area contributed by atoms with E-state index >= 15 is 0 Å². The van der Waals surface area contributed by atoms with Crippen LogP contribution in [-0.2, 0) is 0 Å². The highest BCUT2D eigenvalue weighted by Gasteiger charge is 2.20. The van der Waals surface area contributed by atoms with Gasteiger partial charge in [-0.15, -0.1) is 11.3 Å². The lowest BCUT2D eigenvalue weighted by molar-refractivity contribution is 0.615. The number of hydrogen-bond donors (Lipinski definition) is 1. The van der Waals surface area contributed by atoms with Crippen molar-refractivity contribution in [2.75, 3.05) is 18.5 Å². The Kier molecular flexibility index (Phi) is 4.40. The first-order chi connectivity index (χ1) is 8.22. The van der Waals surface area contributed by atoms with Crippen molar-refractivity contribution in [2.45, 2.75) is 51.6 Å². The lowest BCUT2D eigenvalue weighted by Crippen LogP contribution is -2.32. The summed E-state index contributed by atoms with van der Waals surface area (Å²) in [6.45, 7) is 5.68. The van der Waals surface area contributed by atoms with Gasteiger partial charge in [-0.25, -0.2) is 4.98 Å². The molecule has 1 saturated heterocycles. The Bertz CT molecular complexity index is 350. The van der Waals surface area contributed by atoms with Crippen molar-refractivity contribution in [1.29, 1.82) is 0 Å². The Morgan fingerprint density at radius 3 is 3.06 bits per heavy atom. The average Bonchev–Trinajstić information content (AvgIpc) is 2.72. The molecule has 2 heterocycles. The molecule has 1 aliphatic heterocycles. The standard InChI is InChI=1S/C13H23N3S/c1-10-7-5-4-6-8-16(10)13-15-9-12(17-13)11(2)14-3/h9-11,14H,4-8H2,1-3H3. The molecule has 0 bridgehead atoms. The molecule has 1 N–H and O–H groups in total. The number of nitrogens with zero attached hydrogens (tertiary/aromatic N) is 2. The lowest BCUT2D eigenvalue weighted by atomic mass is 10.1. The first kappa shape index (κ1) is 12.8. The van der Waals surface area contributed by atoms with E-state index in [1.807, 2.05) is 24.6 Å². The summed E-state index contributed by atoms with van der Waals surface area (Å²) in [6, 6.07) is 1.05. The van der Waals surface area contributed by atoms with Gasteiger partial charge in [0.2, 0.25) is 0 Å². The number of nitrogens with one attached hydrogen (secondary N) is 1. The lowest BCUT2D eigenvalue weighted by Gasteiger charge is -2.26. The van der Waals surface area contributed by atoms with E-state index in [1.165, 1.54) is 42.2 Å². The van der Waals surface area contributed by atoms with Crippen LogP contribution in [0.1, 0.15) is 50.4 Å². The molecule has 1 aliphatic rings. The maximum absolute atomic E-state index is 4.61. The van der Waals surface area contributed by atoms with E-state index in [0.717, 1.165) is 0 Å². The van der Waals surface area contributed by atoms with E-state index in [4.69, 9.17) is 0 Å². The van der Waals surface area contributed by atoms with Crippen LogP contribution in [0, 0.1) is 0 Å². The van der Waals surface area contributed by atoms with E-state index in [-0.39, 0.29) is 0 Å². The minimum Gasteiger partial charge on any atom is -0.345 e. The minimum atomic E-state index is 0.406. The third-order valence-corrected chi connectivity index (χ3v) is 4.89. The Labute approximate surface area is 108 Å². The van der Waals surface area contributed by atoms with Gasteiger partial charge < -0.3 is 10.2 Å². The quantitative estimate of drug-likeness (QED) is 0.896. The van der Waals surface area contributed by atoms with Gasteiger partial charge in [0.05, 0.1) is 0 Å². The van der Waals surface area contributed by atoms with Gasteiger partial charge in [-0.3, -0.25) is 0 Å². The van der Waals surface area contributed by atoms with Crippen LogP contribution < -0.4 is 10.2 Å². The summed E-state index contributed by atoms with van der Waals surface area (Å²) in [4.78, 5) is 8.43. The van der Waals surface area contributed by atoms with E-state index in [1.54, 1.807) is 0 Å². The van der Waals surface area contributed by atoms with Gasteiger partial charge >= 0.3 is 0 Å². The van der Waals surface area contributed by atoms with Crippen molar-refractivity contribution in [2.24, 2.45) is 0 Å². The molecule has 96 valence electrons. The highest BCUT2D eigenvalue weighted by molar-refractivity contribution is 7.15. The van der Waals surface area contributed by atoms with Crippen molar-refractivity contribution >= 4 is 16.5 Å². The van der Waals surface area contributed by atoms with Crippen molar-refractivity contribution < 1.29 is 0 Å². The SMILES string of the molecule is CNC(C)c1cnc(N2CCCCCC2C)s1. The second kappa shape index (κ2) is 5.83. The van der Waals surface area contributed by atoms with Gasteiger partial charge in [-0.05, 0) is 33.7 Å². The summed E-state index contributed by atoms with van der Waals surface area (Å²) in [6.07, 6.45) is 7.37. The van der Waals surface area contributed by atoms with Gasteiger partial charge in [0.15, 0.2) is 5.13 Å². The summed E-state index contributed by atoms with van der Waals surface area (Å²) in [5.74, 6) is 0. The molecule has 3 nitrogen and oxygen atoms in total. The van der Waals surface area contributed by atoms with Gasteiger partial charge in [0.1, 0.15) is 0 Å². The zero-order valence-corrected chi connectivity index (χ0v) is 11.9. The molecule has 0 radical (unpaired) electrons. The predicted octanol–water partition coefficient (Wildman–Crippen LogP) is 3.19. The molecule has 0 saturated carbocycles. The van der Waals surface area contributed by atoms with Gasteiger partial charge in [-0.2, -0.15) is 0 Å². The number of hydrogen-bond acceptors (Lipinski definition) is 4. The number of anilines is 1. The first-order valence-electron chi connectivity index (χ1n) is 6.62. The van der Waals surface area contributed by atoms with Crippen LogP contribution in [0.3, 0.4) is 0 Å². The number of aromatic nitrogens is 1. The predicted molar refractivity (Wildman–Crippen MR) is 74.9 cm³/mol. The number of rotatable bonds is 3. The van der Waals surface area contributed by atoms with Crippen molar-refractivity contribution in [3.05, 3.63) is 11.1 Å². The van der Waals surface area contributed by atoms with Crippen molar-refractivity contribution in [1.82, 2.24) is 10.3 Å². The first-order valence-corrected chi connectivity index (χ1v) is 7.43. The van der Waals surface area contributed by atoms with E-state index in [0.29, 0.717) is 12.1 Å². The number of thiazole rings is 1. The molecule has 0 aliphatic carbocycles. The van der Waals surface area contributed by atoms with Crippen LogP contribution in [0.15, 0.2) is 6.20 Å². The molecule has 2 rings (SSSR count). The highest BCUT2D eigenvalue weighted by Crippen LogP contribution is 2.30. The minimum absolute atomic E-state index is 0.406. The van der Waals surface area contributed by atoms with E-state index in [9.17, 15) is 0 Å². The molecule has 17 heavy (non-hydrogen) atoms. The Morgan fingerprint density at radius 1 is 1.47 bits per heavy atom. The summed E-state index contributed by atoms with van der Waals surface area (Å²) < 4.78 is 0. The summed E-state index contributed by atoms with van der Waals surface area (Å²) in [7, 11) is 2.00. The molecule has 1 fully saturated rings. The molecule has 1 aromatic heterocycles. The van der Waals surface area contributed by atoms with Gasteiger partial charge in [0.25, 0.3) is 0 Å². The topological polar surface area (TPSA) is 28.2 Å². The molecule has 0 spiro atoms. The Morgan fingerprint density at radius 2 is 2.29 bits per heavy atom. The molecular formula is C13H23N3S. The average molecular weight is 253 g/mol. The fourth-order valence-electron chi connectivity index (χ4n) is 2.31. The normalized spacial score (nSPS) is 23.5. The smallest absolute Gasteiger partial charge is 0.185 e. The third-order valence-electron chi connectivity index (χ3n) is 3.67. The molecule has 0 amide bonds. The van der Waals surface area contributed by atoms with Crippen molar-refractivity contribution in [3.63, 3.8) is 0 Å². The Balaban J connectivity index is 2.12. The second-order valence-electron chi connectivity index (χ2n) is 4.95. The van der Waals surface area contributed by atoms with Crippen molar-refractivity contribution in [3.8, 4) is 0 Å². The van der Waals surface area contributed by atoms with Crippen LogP contribution in [-0.4, -0.2) is 24.6 Å². The van der Waals surface area contributed by atoms with Crippen LogP contribution in [0.2, 0.25) is 0 Å². The Hall–Kier alpha value is -0.610. The highest BCUT2D eigenvalue weighted by atomic mass is 32.1. The fourth-order valence-corrected chi connectivity index (χ4v) is 3.42. The maximum atomic E-state index is 4.61. The zero-order valence-electron chi connectivity index (χ0n) is 11.1. The van der Waals surface area contributed by atoms with E-state index < -0.39 is 0 Å². The van der Waals surface area contributed by atoms with Crippen LogP contribution in [0.4, 0.5) is 5.13 Å². The molecule has 2 atom stereocenters. The van der Waals surface area contributed by atoms with Gasteiger partial charge in [-0.1, -0.05) is 12.8 Å². The molecule has 1 aromatic rings. The van der Waals surface area contributed by atoms with Crippen LogP contribution in [0.5, 0.6) is 0 Å². The van der Waals surface area contributed by atoms with Gasteiger partial charge in [0, 0.05) is 29.7 Å². The van der Waals surface area contributed by atoms with E-state index in [2.05, 4.69) is 29.0 Å². The summed E-state index contributed by atoms with van der Waals surface area (Å²) in [5, 5.41) is 4.48. The summed E-state index contributed by atoms with van der Waals surface area (Å²) >= 11 is 1.84. The largest absolute Gasteiger partial charge is 0.345 e. The monoisotopic (exact) mass is 253 g/mol. The second-order valence-corrected chi connectivity index (χ2v) is 5.99. The van der Waals surface area contributed by atoms with Crippen LogP contribution >= 0.6 is 11.3 Å².